The summed E-state index contributed by atoms with van der Waals surface area (Å²) >= 11 is 0. The van der Waals surface area contributed by atoms with E-state index in [-0.39, 0.29) is 6.04 Å². The van der Waals surface area contributed by atoms with Gasteiger partial charge in [-0.15, -0.1) is 0 Å². The number of aromatic nitrogens is 1. The first kappa shape index (κ1) is 14.0. The number of hydrogen-bond donors (Lipinski definition) is 0. The van der Waals surface area contributed by atoms with Crippen LogP contribution in [-0.2, 0) is 4.74 Å². The summed E-state index contributed by atoms with van der Waals surface area (Å²) in [5, 5.41) is 8.68. The van der Waals surface area contributed by atoms with Gasteiger partial charge < -0.3 is 9.64 Å². The number of pyridine rings is 1. The molecule has 1 rings (SSSR count). The molecule has 0 aliphatic carbocycles. The Kier molecular flexibility index (Phi) is 5.12. The highest BCUT2D eigenvalue weighted by atomic mass is 16.5. The van der Waals surface area contributed by atoms with Gasteiger partial charge in [-0.25, -0.2) is 9.78 Å². The Hall–Kier alpha value is -2.09. The molecule has 5 heteroatoms. The number of esters is 1. The summed E-state index contributed by atoms with van der Waals surface area (Å²) in [6.45, 7) is 4.52. The Labute approximate surface area is 107 Å². The molecule has 0 amide bonds. The Morgan fingerprint density at radius 1 is 1.61 bits per heavy atom. The lowest BCUT2D eigenvalue weighted by molar-refractivity contribution is 0.0601. The largest absolute Gasteiger partial charge is 0.465 e. The van der Waals surface area contributed by atoms with E-state index in [0.29, 0.717) is 24.3 Å². The number of anilines is 1. The topological polar surface area (TPSA) is 66.2 Å². The molecule has 0 unspecified atom stereocenters. The van der Waals surface area contributed by atoms with E-state index in [1.807, 2.05) is 18.7 Å². The van der Waals surface area contributed by atoms with E-state index < -0.39 is 5.97 Å². The van der Waals surface area contributed by atoms with Crippen LogP contribution in [-0.4, -0.2) is 30.6 Å². The molecule has 0 saturated carbocycles. The second-order valence-corrected chi connectivity index (χ2v) is 4.06. The second-order valence-electron chi connectivity index (χ2n) is 4.06. The summed E-state index contributed by atoms with van der Waals surface area (Å²) in [4.78, 5) is 17.8. The predicted octanol–water partition coefficient (Wildman–Crippen LogP) is 2.00. The SMILES string of the molecule is COC(=O)c1cccnc1N(CCC#N)C(C)C. The average Bonchev–Trinajstić information content (AvgIpc) is 2.38. The molecule has 0 aromatic carbocycles. The van der Waals surface area contributed by atoms with Crippen molar-refractivity contribution in [1.82, 2.24) is 4.98 Å². The third-order valence-electron chi connectivity index (χ3n) is 2.55. The fourth-order valence-corrected chi connectivity index (χ4v) is 1.67. The molecular formula is C13H17N3O2. The first-order valence-corrected chi connectivity index (χ1v) is 5.78. The molecule has 0 saturated heterocycles. The van der Waals surface area contributed by atoms with Crippen molar-refractivity contribution in [2.24, 2.45) is 0 Å². The van der Waals surface area contributed by atoms with Crippen LogP contribution in [0.3, 0.4) is 0 Å². The third-order valence-corrected chi connectivity index (χ3v) is 2.55. The van der Waals surface area contributed by atoms with Gasteiger partial charge in [0.15, 0.2) is 0 Å². The van der Waals surface area contributed by atoms with Crippen LogP contribution in [0, 0.1) is 11.3 Å². The number of hydrogen-bond acceptors (Lipinski definition) is 5. The van der Waals surface area contributed by atoms with Crippen LogP contribution in [0.1, 0.15) is 30.6 Å². The van der Waals surface area contributed by atoms with Gasteiger partial charge in [-0.05, 0) is 26.0 Å². The van der Waals surface area contributed by atoms with Crippen molar-refractivity contribution in [2.45, 2.75) is 26.3 Å². The summed E-state index contributed by atoms with van der Waals surface area (Å²) < 4.78 is 4.74. The maximum absolute atomic E-state index is 11.7. The van der Waals surface area contributed by atoms with Crippen molar-refractivity contribution in [3.8, 4) is 6.07 Å². The standard InChI is InChI=1S/C13H17N3O2/c1-10(2)16(9-5-7-14)12-11(13(17)18-3)6-4-8-15-12/h4,6,8,10H,5,9H2,1-3H3. The van der Waals surface area contributed by atoms with E-state index in [0.717, 1.165) is 0 Å². The normalized spacial score (nSPS) is 9.94. The lowest BCUT2D eigenvalue weighted by Gasteiger charge is -2.28. The van der Waals surface area contributed by atoms with Crippen LogP contribution in [0.2, 0.25) is 0 Å². The zero-order chi connectivity index (χ0) is 13.5. The molecule has 1 heterocycles. The minimum atomic E-state index is -0.416. The third kappa shape index (κ3) is 3.20. The molecular weight excluding hydrogens is 230 g/mol. The lowest BCUT2D eigenvalue weighted by atomic mass is 10.2. The molecule has 1 aromatic rings. The van der Waals surface area contributed by atoms with Gasteiger partial charge in [0.25, 0.3) is 0 Å². The van der Waals surface area contributed by atoms with E-state index in [2.05, 4.69) is 11.1 Å². The minimum Gasteiger partial charge on any atom is -0.465 e. The number of nitrogens with zero attached hydrogens (tertiary/aromatic N) is 3. The molecule has 0 atom stereocenters. The summed E-state index contributed by atoms with van der Waals surface area (Å²) in [6, 6.07) is 5.62. The fraction of sp³-hybridized carbons (Fsp3) is 0.462. The highest BCUT2D eigenvalue weighted by Crippen LogP contribution is 2.20. The first-order chi connectivity index (χ1) is 8.61. The molecule has 0 aliphatic heterocycles. The molecule has 18 heavy (non-hydrogen) atoms. The van der Waals surface area contributed by atoms with Gasteiger partial charge in [-0.3, -0.25) is 0 Å². The second kappa shape index (κ2) is 6.60. The molecule has 96 valence electrons. The highest BCUT2D eigenvalue weighted by molar-refractivity contribution is 5.94. The van der Waals surface area contributed by atoms with Crippen LogP contribution in [0.4, 0.5) is 5.82 Å². The monoisotopic (exact) mass is 247 g/mol. The predicted molar refractivity (Wildman–Crippen MR) is 68.3 cm³/mol. The molecule has 0 spiro atoms. The van der Waals surface area contributed by atoms with Crippen LogP contribution in [0.5, 0.6) is 0 Å². The van der Waals surface area contributed by atoms with Crippen LogP contribution in [0.25, 0.3) is 0 Å². The van der Waals surface area contributed by atoms with Crippen molar-refractivity contribution in [3.63, 3.8) is 0 Å². The molecule has 0 radical (unpaired) electrons. The maximum atomic E-state index is 11.7. The minimum absolute atomic E-state index is 0.150. The molecule has 5 nitrogen and oxygen atoms in total. The van der Waals surface area contributed by atoms with Gasteiger partial charge in [0, 0.05) is 18.8 Å². The zero-order valence-corrected chi connectivity index (χ0v) is 10.9. The van der Waals surface area contributed by atoms with Crippen LogP contribution >= 0.6 is 0 Å². The van der Waals surface area contributed by atoms with Crippen LogP contribution in [0.15, 0.2) is 18.3 Å². The highest BCUT2D eigenvalue weighted by Gasteiger charge is 2.19. The Morgan fingerprint density at radius 2 is 2.33 bits per heavy atom. The molecule has 0 bridgehead atoms. The van der Waals surface area contributed by atoms with Crippen molar-refractivity contribution < 1.29 is 9.53 Å². The number of rotatable bonds is 5. The van der Waals surface area contributed by atoms with E-state index in [1.165, 1.54) is 7.11 Å². The lowest BCUT2D eigenvalue weighted by Crippen LogP contribution is -2.33. The quantitative estimate of drug-likeness (QED) is 0.744. The number of carbonyl (C=O) groups excluding carboxylic acids is 1. The van der Waals surface area contributed by atoms with Gasteiger partial charge in [-0.2, -0.15) is 5.26 Å². The maximum Gasteiger partial charge on any atom is 0.341 e. The molecule has 0 aliphatic rings. The average molecular weight is 247 g/mol. The number of carbonyl (C=O) groups is 1. The summed E-state index contributed by atoms with van der Waals surface area (Å²) in [5.74, 6) is 0.148. The number of nitriles is 1. The molecule has 1 aromatic heterocycles. The van der Waals surface area contributed by atoms with E-state index in [9.17, 15) is 4.79 Å². The van der Waals surface area contributed by atoms with Gasteiger partial charge >= 0.3 is 5.97 Å². The Bertz CT molecular complexity index is 452. The fourth-order valence-electron chi connectivity index (χ4n) is 1.67. The van der Waals surface area contributed by atoms with Crippen molar-refractivity contribution in [3.05, 3.63) is 23.9 Å². The number of ether oxygens (including phenoxy) is 1. The zero-order valence-electron chi connectivity index (χ0n) is 10.9. The van der Waals surface area contributed by atoms with Gasteiger partial charge in [0.2, 0.25) is 0 Å². The summed E-state index contributed by atoms with van der Waals surface area (Å²) in [5.41, 5.74) is 0.423. The smallest absolute Gasteiger partial charge is 0.341 e. The first-order valence-electron chi connectivity index (χ1n) is 5.78. The summed E-state index contributed by atoms with van der Waals surface area (Å²) in [6.07, 6.45) is 2.01. The van der Waals surface area contributed by atoms with Crippen molar-refractivity contribution in [1.29, 1.82) is 5.26 Å². The van der Waals surface area contributed by atoms with E-state index >= 15 is 0 Å². The Morgan fingerprint density at radius 3 is 2.89 bits per heavy atom. The molecule has 0 fully saturated rings. The van der Waals surface area contributed by atoms with Crippen molar-refractivity contribution >= 4 is 11.8 Å². The van der Waals surface area contributed by atoms with E-state index in [4.69, 9.17) is 10.00 Å². The van der Waals surface area contributed by atoms with Gasteiger partial charge in [0.05, 0.1) is 19.6 Å². The van der Waals surface area contributed by atoms with Gasteiger partial charge in [-0.1, -0.05) is 0 Å². The number of methoxy groups -OCH3 is 1. The van der Waals surface area contributed by atoms with Crippen molar-refractivity contribution in [2.75, 3.05) is 18.6 Å². The van der Waals surface area contributed by atoms with E-state index in [1.54, 1.807) is 18.3 Å². The molecule has 0 N–H and O–H groups in total. The summed E-state index contributed by atoms with van der Waals surface area (Å²) in [7, 11) is 1.34. The van der Waals surface area contributed by atoms with Crippen LogP contribution < -0.4 is 4.90 Å². The Balaban J connectivity index is 3.11. The van der Waals surface area contributed by atoms with Gasteiger partial charge in [0.1, 0.15) is 11.4 Å².